The molecule has 3 rings (SSSR count). The Kier molecular flexibility index (Phi) is 6.36. The van der Waals surface area contributed by atoms with E-state index >= 15 is 0 Å². The molecule has 0 bridgehead atoms. The summed E-state index contributed by atoms with van der Waals surface area (Å²) in [6.07, 6.45) is 2.87. The highest BCUT2D eigenvalue weighted by molar-refractivity contribution is 7.89. The first-order valence-corrected chi connectivity index (χ1v) is 10.9. The van der Waals surface area contributed by atoms with Crippen LogP contribution in [0.4, 0.5) is 0 Å². The smallest absolute Gasteiger partial charge is 0.243 e. The number of fused-ring (bicyclic) bond motifs is 1. The van der Waals surface area contributed by atoms with Gasteiger partial charge in [-0.15, -0.1) is 0 Å². The van der Waals surface area contributed by atoms with E-state index in [9.17, 15) is 13.2 Å². The Labute approximate surface area is 166 Å². The fourth-order valence-electron chi connectivity index (χ4n) is 3.49. The maximum atomic E-state index is 12.7. The van der Waals surface area contributed by atoms with Crippen molar-refractivity contribution >= 4 is 15.9 Å². The van der Waals surface area contributed by atoms with Gasteiger partial charge in [0.1, 0.15) is 5.75 Å². The fourth-order valence-corrected chi connectivity index (χ4v) is 4.61. The lowest BCUT2D eigenvalue weighted by molar-refractivity contribution is -0.122. The van der Waals surface area contributed by atoms with Gasteiger partial charge in [0, 0.05) is 7.05 Å². The molecule has 1 aliphatic carbocycles. The number of amides is 1. The lowest BCUT2D eigenvalue weighted by Gasteiger charge is -2.27. The van der Waals surface area contributed by atoms with Crippen LogP contribution in [0.2, 0.25) is 0 Å². The second-order valence-electron chi connectivity index (χ2n) is 6.88. The van der Waals surface area contributed by atoms with Crippen molar-refractivity contribution < 1.29 is 17.9 Å². The lowest BCUT2D eigenvalue weighted by atomic mass is 9.88. The summed E-state index contributed by atoms with van der Waals surface area (Å²) in [5, 5.41) is 2.99. The summed E-state index contributed by atoms with van der Waals surface area (Å²) in [4.78, 5) is 12.6. The molecular formula is C21H26N2O4S. The van der Waals surface area contributed by atoms with Crippen LogP contribution in [0.25, 0.3) is 0 Å². The van der Waals surface area contributed by atoms with Gasteiger partial charge in [-0.1, -0.05) is 24.3 Å². The predicted molar refractivity (Wildman–Crippen MR) is 108 cm³/mol. The van der Waals surface area contributed by atoms with Crippen molar-refractivity contribution in [3.05, 3.63) is 59.7 Å². The second kappa shape index (κ2) is 8.75. The minimum Gasteiger partial charge on any atom is -0.494 e. The van der Waals surface area contributed by atoms with E-state index in [1.807, 2.05) is 25.1 Å². The van der Waals surface area contributed by atoms with E-state index in [-0.39, 0.29) is 23.4 Å². The molecule has 1 amide bonds. The number of benzene rings is 2. The second-order valence-corrected chi connectivity index (χ2v) is 8.92. The fraction of sp³-hybridized carbons (Fsp3) is 0.381. The Morgan fingerprint density at radius 3 is 2.61 bits per heavy atom. The number of nitrogens with zero attached hydrogens (tertiary/aromatic N) is 1. The molecule has 0 aliphatic heterocycles. The number of hydrogen-bond acceptors (Lipinski definition) is 4. The molecule has 0 radical (unpaired) electrons. The Bertz CT molecular complexity index is 926. The highest BCUT2D eigenvalue weighted by atomic mass is 32.2. The van der Waals surface area contributed by atoms with E-state index in [4.69, 9.17) is 4.74 Å². The van der Waals surface area contributed by atoms with Crippen LogP contribution in [0.1, 0.15) is 36.9 Å². The van der Waals surface area contributed by atoms with Crippen LogP contribution in [-0.2, 0) is 21.2 Å². The molecule has 2 aromatic rings. The molecule has 1 aliphatic rings. The van der Waals surface area contributed by atoms with Gasteiger partial charge in [0.25, 0.3) is 0 Å². The summed E-state index contributed by atoms with van der Waals surface area (Å²) in [6, 6.07) is 14.2. The maximum absolute atomic E-state index is 12.7. The predicted octanol–water partition coefficient (Wildman–Crippen LogP) is 2.90. The lowest BCUT2D eigenvalue weighted by Crippen LogP contribution is -2.40. The van der Waals surface area contributed by atoms with Crippen LogP contribution >= 0.6 is 0 Å². The average molecular weight is 403 g/mol. The van der Waals surface area contributed by atoms with Crippen molar-refractivity contribution in [2.24, 2.45) is 0 Å². The normalized spacial score (nSPS) is 16.5. The van der Waals surface area contributed by atoms with Crippen LogP contribution in [0.5, 0.6) is 5.75 Å². The number of hydrogen-bond donors (Lipinski definition) is 1. The summed E-state index contributed by atoms with van der Waals surface area (Å²) in [5.74, 6) is 0.302. The number of nitrogens with one attached hydrogen (secondary N) is 1. The standard InChI is InChI=1S/C21H26N2O4S/c1-3-27-17-11-13-18(14-12-17)28(25,26)23(2)15-21(24)22-20-10-6-8-16-7-4-5-9-19(16)20/h4-5,7,9,11-14,20H,3,6,8,10,15H2,1-2H3,(H,22,24)/t20-/m0/s1. The van der Waals surface area contributed by atoms with Crippen LogP contribution in [0.15, 0.2) is 53.4 Å². The van der Waals surface area contributed by atoms with Gasteiger partial charge >= 0.3 is 0 Å². The molecule has 0 saturated carbocycles. The molecule has 28 heavy (non-hydrogen) atoms. The molecule has 1 atom stereocenters. The Morgan fingerprint density at radius 1 is 1.18 bits per heavy atom. The molecule has 150 valence electrons. The van der Waals surface area contributed by atoms with E-state index in [1.165, 1.54) is 24.7 Å². The van der Waals surface area contributed by atoms with Crippen LogP contribution in [0.3, 0.4) is 0 Å². The topological polar surface area (TPSA) is 75.7 Å². The number of carbonyl (C=O) groups excluding carboxylic acids is 1. The summed E-state index contributed by atoms with van der Waals surface area (Å²) >= 11 is 0. The van der Waals surface area contributed by atoms with Gasteiger partial charge in [0.15, 0.2) is 0 Å². The zero-order chi connectivity index (χ0) is 20.1. The first-order valence-electron chi connectivity index (χ1n) is 9.48. The van der Waals surface area contributed by atoms with Crippen LogP contribution < -0.4 is 10.1 Å². The quantitative estimate of drug-likeness (QED) is 0.773. The Balaban J connectivity index is 1.65. The number of likely N-dealkylation sites (N-methyl/N-ethyl adjacent to an activating group) is 1. The highest BCUT2D eigenvalue weighted by Crippen LogP contribution is 2.29. The SMILES string of the molecule is CCOc1ccc(S(=O)(=O)N(C)CC(=O)N[C@H]2CCCc3ccccc32)cc1. The van der Waals surface area contributed by atoms with Crippen molar-refractivity contribution in [3.8, 4) is 5.75 Å². The minimum absolute atomic E-state index is 0.0703. The van der Waals surface area contributed by atoms with E-state index in [1.54, 1.807) is 12.1 Å². The van der Waals surface area contributed by atoms with E-state index in [0.29, 0.717) is 12.4 Å². The average Bonchev–Trinajstić information content (AvgIpc) is 2.69. The van der Waals surface area contributed by atoms with Crippen molar-refractivity contribution in [2.45, 2.75) is 37.1 Å². The first-order chi connectivity index (χ1) is 13.4. The third kappa shape index (κ3) is 4.54. The van der Waals surface area contributed by atoms with E-state index in [0.717, 1.165) is 29.1 Å². The molecule has 6 nitrogen and oxygen atoms in total. The Morgan fingerprint density at radius 2 is 1.89 bits per heavy atom. The van der Waals surface area contributed by atoms with Crippen LogP contribution in [-0.4, -0.2) is 38.8 Å². The molecule has 0 unspecified atom stereocenters. The first kappa shape index (κ1) is 20.4. The number of aryl methyl sites for hydroxylation is 1. The number of rotatable bonds is 7. The monoisotopic (exact) mass is 402 g/mol. The largest absolute Gasteiger partial charge is 0.494 e. The molecule has 1 N–H and O–H groups in total. The molecular weight excluding hydrogens is 376 g/mol. The number of carbonyl (C=O) groups is 1. The molecule has 7 heteroatoms. The maximum Gasteiger partial charge on any atom is 0.243 e. The summed E-state index contributed by atoms with van der Waals surface area (Å²) in [7, 11) is -2.33. The van der Waals surface area contributed by atoms with Gasteiger partial charge in [-0.2, -0.15) is 4.31 Å². The van der Waals surface area contributed by atoms with Crippen molar-refractivity contribution in [3.63, 3.8) is 0 Å². The third-order valence-corrected chi connectivity index (χ3v) is 6.73. The zero-order valence-corrected chi connectivity index (χ0v) is 17.0. The number of ether oxygens (including phenoxy) is 1. The van der Waals surface area contributed by atoms with Gasteiger partial charge in [-0.05, 0) is 61.6 Å². The van der Waals surface area contributed by atoms with Gasteiger partial charge in [0.2, 0.25) is 15.9 Å². The van der Waals surface area contributed by atoms with Gasteiger partial charge in [-0.3, -0.25) is 4.79 Å². The van der Waals surface area contributed by atoms with E-state index in [2.05, 4.69) is 11.4 Å². The molecule has 0 heterocycles. The molecule has 0 saturated heterocycles. The third-order valence-electron chi connectivity index (χ3n) is 4.91. The molecule has 0 aromatic heterocycles. The molecule has 2 aromatic carbocycles. The summed E-state index contributed by atoms with van der Waals surface area (Å²) < 4.78 is 31.9. The van der Waals surface area contributed by atoms with Gasteiger partial charge in [0.05, 0.1) is 24.1 Å². The summed E-state index contributed by atoms with van der Waals surface area (Å²) in [5.41, 5.74) is 2.37. The molecule has 0 spiro atoms. The molecule has 0 fully saturated rings. The Hall–Kier alpha value is -2.38. The van der Waals surface area contributed by atoms with Crippen molar-refractivity contribution in [1.82, 2.24) is 9.62 Å². The summed E-state index contributed by atoms with van der Waals surface area (Å²) in [6.45, 7) is 2.15. The van der Waals surface area contributed by atoms with Crippen LogP contribution in [0, 0.1) is 0 Å². The van der Waals surface area contributed by atoms with Gasteiger partial charge < -0.3 is 10.1 Å². The van der Waals surface area contributed by atoms with Gasteiger partial charge in [-0.25, -0.2) is 8.42 Å². The van der Waals surface area contributed by atoms with E-state index < -0.39 is 10.0 Å². The zero-order valence-electron chi connectivity index (χ0n) is 16.2. The minimum atomic E-state index is -3.75. The highest BCUT2D eigenvalue weighted by Gasteiger charge is 2.26. The number of sulfonamides is 1. The van der Waals surface area contributed by atoms with Crippen molar-refractivity contribution in [1.29, 1.82) is 0 Å². The van der Waals surface area contributed by atoms with Crippen molar-refractivity contribution in [2.75, 3.05) is 20.2 Å².